The molecule has 0 amide bonds. The van der Waals surface area contributed by atoms with E-state index in [9.17, 15) is 12.8 Å². The Kier molecular flexibility index (Phi) is 5.10. The van der Waals surface area contributed by atoms with Crippen molar-refractivity contribution in [2.45, 2.75) is 17.5 Å². The number of hydrogen-bond acceptors (Lipinski definition) is 3. The van der Waals surface area contributed by atoms with Gasteiger partial charge in [0.2, 0.25) is 10.0 Å². The Bertz CT molecular complexity index is 1090. The molecule has 3 aromatic rings. The summed E-state index contributed by atoms with van der Waals surface area (Å²) in [6.45, 7) is 0.193. The standard InChI is InChI=1S/C21H17ClFNO3S/c22-18-7-4-8-20-21(18)27-14-19(16-5-2-1-3-6-16)24(28(20,25)26)13-15-9-11-17(23)12-10-15/h1-12,19H,13-14H2/t19-/m1/s1. The molecule has 0 aliphatic carbocycles. The maximum atomic E-state index is 13.5. The number of halogens is 2. The van der Waals surface area contributed by atoms with Gasteiger partial charge in [-0.25, -0.2) is 12.8 Å². The second-order valence-electron chi connectivity index (χ2n) is 6.48. The van der Waals surface area contributed by atoms with Gasteiger partial charge >= 0.3 is 0 Å². The molecule has 28 heavy (non-hydrogen) atoms. The minimum absolute atomic E-state index is 0.0283. The van der Waals surface area contributed by atoms with E-state index >= 15 is 0 Å². The lowest BCUT2D eigenvalue weighted by Crippen LogP contribution is -2.35. The average Bonchev–Trinajstić information content (AvgIpc) is 2.80. The molecule has 0 aromatic heterocycles. The zero-order chi connectivity index (χ0) is 19.7. The van der Waals surface area contributed by atoms with E-state index in [1.807, 2.05) is 30.3 Å². The molecular formula is C21H17ClFNO3S. The van der Waals surface area contributed by atoms with Crippen molar-refractivity contribution in [2.24, 2.45) is 0 Å². The smallest absolute Gasteiger partial charge is 0.247 e. The van der Waals surface area contributed by atoms with Gasteiger partial charge in [0.05, 0.1) is 11.1 Å². The Morgan fingerprint density at radius 1 is 1.00 bits per heavy atom. The maximum Gasteiger partial charge on any atom is 0.247 e. The molecule has 0 saturated carbocycles. The zero-order valence-corrected chi connectivity index (χ0v) is 16.3. The lowest BCUT2D eigenvalue weighted by molar-refractivity contribution is 0.210. The summed E-state index contributed by atoms with van der Waals surface area (Å²) in [6.07, 6.45) is 0. The third-order valence-electron chi connectivity index (χ3n) is 4.69. The quantitative estimate of drug-likeness (QED) is 0.614. The normalized spacial score (nSPS) is 18.7. The maximum absolute atomic E-state index is 13.5. The van der Waals surface area contributed by atoms with E-state index in [-0.39, 0.29) is 34.6 Å². The Morgan fingerprint density at radius 2 is 1.71 bits per heavy atom. The summed E-state index contributed by atoms with van der Waals surface area (Å²) in [5, 5.41) is 0.247. The van der Waals surface area contributed by atoms with Crippen molar-refractivity contribution in [3.05, 3.63) is 94.8 Å². The minimum Gasteiger partial charge on any atom is -0.489 e. The predicted octanol–water partition coefficient (Wildman–Crippen LogP) is 4.80. The van der Waals surface area contributed by atoms with Crippen LogP contribution in [0.3, 0.4) is 0 Å². The van der Waals surface area contributed by atoms with E-state index in [2.05, 4.69) is 0 Å². The number of benzene rings is 3. The van der Waals surface area contributed by atoms with Crippen molar-refractivity contribution in [3.63, 3.8) is 0 Å². The number of hydrogen-bond donors (Lipinski definition) is 0. The molecule has 4 rings (SSSR count). The Hall–Kier alpha value is -2.41. The van der Waals surface area contributed by atoms with Crippen LogP contribution in [-0.2, 0) is 16.6 Å². The molecule has 0 N–H and O–H groups in total. The Labute approximate surface area is 168 Å². The van der Waals surface area contributed by atoms with E-state index in [0.29, 0.717) is 5.56 Å². The van der Waals surface area contributed by atoms with Crippen LogP contribution in [0.25, 0.3) is 0 Å². The molecule has 0 spiro atoms. The van der Waals surface area contributed by atoms with Crippen molar-refractivity contribution in [1.29, 1.82) is 0 Å². The number of ether oxygens (including phenoxy) is 1. The molecule has 0 bridgehead atoms. The van der Waals surface area contributed by atoms with E-state index in [4.69, 9.17) is 16.3 Å². The fourth-order valence-corrected chi connectivity index (χ4v) is 5.30. The highest BCUT2D eigenvalue weighted by Crippen LogP contribution is 2.41. The molecule has 0 radical (unpaired) electrons. The fraction of sp³-hybridized carbons (Fsp3) is 0.143. The first kappa shape index (κ1) is 18.9. The van der Waals surface area contributed by atoms with Gasteiger partial charge in [-0.1, -0.05) is 60.1 Å². The van der Waals surface area contributed by atoms with Crippen LogP contribution in [0.1, 0.15) is 17.2 Å². The lowest BCUT2D eigenvalue weighted by atomic mass is 10.1. The summed E-state index contributed by atoms with van der Waals surface area (Å²) < 4.78 is 47.6. The third kappa shape index (κ3) is 3.51. The number of rotatable bonds is 3. The van der Waals surface area contributed by atoms with Gasteiger partial charge in [-0.2, -0.15) is 4.31 Å². The zero-order valence-electron chi connectivity index (χ0n) is 14.8. The summed E-state index contributed by atoms with van der Waals surface area (Å²) in [4.78, 5) is 0.0283. The largest absolute Gasteiger partial charge is 0.489 e. The second-order valence-corrected chi connectivity index (χ2v) is 8.75. The highest BCUT2D eigenvalue weighted by Gasteiger charge is 2.38. The summed E-state index contributed by atoms with van der Waals surface area (Å²) in [6, 6.07) is 19.2. The summed E-state index contributed by atoms with van der Waals surface area (Å²) in [7, 11) is -3.92. The van der Waals surface area contributed by atoms with Crippen LogP contribution in [0.5, 0.6) is 5.75 Å². The van der Waals surface area contributed by atoms with Gasteiger partial charge < -0.3 is 4.74 Å². The minimum atomic E-state index is -3.92. The number of sulfonamides is 1. The first-order chi connectivity index (χ1) is 13.5. The Balaban J connectivity index is 1.85. The van der Waals surface area contributed by atoms with Gasteiger partial charge in [-0.15, -0.1) is 0 Å². The van der Waals surface area contributed by atoms with Crippen LogP contribution in [0.2, 0.25) is 5.02 Å². The first-order valence-electron chi connectivity index (χ1n) is 8.69. The molecule has 1 aliphatic rings. The van der Waals surface area contributed by atoms with E-state index in [1.165, 1.54) is 22.5 Å². The van der Waals surface area contributed by atoms with Crippen LogP contribution in [0.15, 0.2) is 77.7 Å². The van der Waals surface area contributed by atoms with Crippen LogP contribution in [0.4, 0.5) is 4.39 Å². The van der Waals surface area contributed by atoms with Gasteiger partial charge in [-0.05, 0) is 35.4 Å². The molecule has 0 fully saturated rings. The van der Waals surface area contributed by atoms with Crippen molar-refractivity contribution < 1.29 is 17.5 Å². The predicted molar refractivity (Wildman–Crippen MR) is 105 cm³/mol. The van der Waals surface area contributed by atoms with Gasteiger partial charge in [0.15, 0.2) is 5.75 Å². The first-order valence-corrected chi connectivity index (χ1v) is 10.5. The summed E-state index contributed by atoms with van der Waals surface area (Å²) in [5.74, 6) is -0.214. The highest BCUT2D eigenvalue weighted by molar-refractivity contribution is 7.89. The molecule has 0 saturated heterocycles. The monoisotopic (exact) mass is 417 g/mol. The molecule has 1 aliphatic heterocycles. The number of nitrogens with zero attached hydrogens (tertiary/aromatic N) is 1. The van der Waals surface area contributed by atoms with Gasteiger partial charge in [0, 0.05) is 6.54 Å². The molecule has 0 unspecified atom stereocenters. The van der Waals surface area contributed by atoms with Crippen molar-refractivity contribution in [3.8, 4) is 5.75 Å². The van der Waals surface area contributed by atoms with Crippen molar-refractivity contribution in [2.75, 3.05) is 6.61 Å². The Morgan fingerprint density at radius 3 is 2.43 bits per heavy atom. The number of fused-ring (bicyclic) bond motifs is 1. The molecule has 4 nitrogen and oxygen atoms in total. The molecule has 144 valence electrons. The molecule has 1 atom stereocenters. The van der Waals surface area contributed by atoms with Crippen molar-refractivity contribution >= 4 is 21.6 Å². The molecule has 3 aromatic carbocycles. The SMILES string of the molecule is O=S1(=O)c2cccc(Cl)c2OC[C@H](c2ccccc2)N1Cc1ccc(F)cc1. The van der Waals surface area contributed by atoms with Crippen LogP contribution >= 0.6 is 11.6 Å². The van der Waals surface area contributed by atoms with E-state index < -0.39 is 16.1 Å². The van der Waals surface area contributed by atoms with E-state index in [0.717, 1.165) is 5.56 Å². The molecule has 7 heteroatoms. The number of para-hydroxylation sites is 1. The van der Waals surface area contributed by atoms with Crippen molar-refractivity contribution in [1.82, 2.24) is 4.31 Å². The summed E-state index contributed by atoms with van der Waals surface area (Å²) >= 11 is 6.21. The van der Waals surface area contributed by atoms with Gasteiger partial charge in [-0.3, -0.25) is 0 Å². The average molecular weight is 418 g/mol. The molecule has 1 heterocycles. The van der Waals surface area contributed by atoms with Crippen LogP contribution in [0, 0.1) is 5.82 Å². The van der Waals surface area contributed by atoms with Gasteiger partial charge in [0.1, 0.15) is 17.3 Å². The summed E-state index contributed by atoms with van der Waals surface area (Å²) in [5.41, 5.74) is 1.48. The van der Waals surface area contributed by atoms with Crippen LogP contribution < -0.4 is 4.74 Å². The highest BCUT2D eigenvalue weighted by atomic mass is 35.5. The van der Waals surface area contributed by atoms with E-state index in [1.54, 1.807) is 24.3 Å². The third-order valence-corrected chi connectivity index (χ3v) is 6.86. The molecular weight excluding hydrogens is 401 g/mol. The van der Waals surface area contributed by atoms with Crippen LogP contribution in [-0.4, -0.2) is 19.3 Å². The fourth-order valence-electron chi connectivity index (χ4n) is 3.27. The van der Waals surface area contributed by atoms with Gasteiger partial charge in [0.25, 0.3) is 0 Å². The lowest BCUT2D eigenvalue weighted by Gasteiger charge is -2.28. The topological polar surface area (TPSA) is 46.6 Å². The second kappa shape index (κ2) is 7.54.